The first-order chi connectivity index (χ1) is 22.3. The number of alkyl halides is 3. The summed E-state index contributed by atoms with van der Waals surface area (Å²) in [4.78, 5) is 43.7. The summed E-state index contributed by atoms with van der Waals surface area (Å²) in [6, 6.07) is 0. The Labute approximate surface area is 315 Å². The van der Waals surface area contributed by atoms with Crippen molar-refractivity contribution >= 4 is 77.7 Å². The molecule has 2 rings (SSSR count). The molecule has 1 amide bonds. The van der Waals surface area contributed by atoms with E-state index in [9.17, 15) is 19.5 Å². The highest BCUT2D eigenvalue weighted by Crippen LogP contribution is 2.43. The van der Waals surface area contributed by atoms with Crippen molar-refractivity contribution in [3.8, 4) is 11.5 Å². The van der Waals surface area contributed by atoms with Gasteiger partial charge in [-0.1, -0.05) is 96.0 Å². The molecule has 0 spiro atoms. The summed E-state index contributed by atoms with van der Waals surface area (Å²) in [6.07, 6.45) is -5.05. The third kappa shape index (κ3) is 10.9. The molecule has 11 nitrogen and oxygen atoms in total. The van der Waals surface area contributed by atoms with E-state index in [2.05, 4.69) is 109 Å². The van der Waals surface area contributed by atoms with Crippen LogP contribution in [0.3, 0.4) is 0 Å². The Balaban J connectivity index is 2.77. The molecule has 50 heavy (non-hydrogen) atoms. The van der Waals surface area contributed by atoms with Gasteiger partial charge in [0.05, 0.1) is 17.9 Å². The number of aliphatic hydroxyl groups excluding tert-OH is 1. The number of aldehydes is 1. The molecule has 1 saturated heterocycles. The molecule has 0 saturated carbocycles. The van der Waals surface area contributed by atoms with Gasteiger partial charge >= 0.3 is 11.8 Å². The van der Waals surface area contributed by atoms with E-state index < -0.39 is 70.4 Å². The van der Waals surface area contributed by atoms with Gasteiger partial charge in [-0.3, -0.25) is 14.7 Å². The van der Waals surface area contributed by atoms with Crippen molar-refractivity contribution in [3.63, 3.8) is 0 Å². The van der Waals surface area contributed by atoms with E-state index in [1.807, 2.05) is 0 Å². The number of hydrogen-bond donors (Lipinski definition) is 2. The second-order valence-corrected chi connectivity index (χ2v) is 33.9. The lowest BCUT2D eigenvalue weighted by Gasteiger charge is -2.41. The number of halogens is 3. The maximum Gasteiger partial charge on any atom is 0.413 e. The largest absolute Gasteiger partial charge is 0.439 e. The zero-order chi connectivity index (χ0) is 39.1. The van der Waals surface area contributed by atoms with Gasteiger partial charge in [0.2, 0.25) is 3.79 Å². The molecule has 1 aromatic rings. The first-order valence-electron chi connectivity index (χ1n) is 16.6. The average Bonchev–Trinajstić information content (AvgIpc) is 3.18. The number of aliphatic hydroxyl groups is 1. The fraction of sp³-hybridized carbons (Fsp3) is 0.758. The normalized spacial score (nSPS) is 21.0. The Bertz CT molecular complexity index is 1530. The maximum atomic E-state index is 13.9. The van der Waals surface area contributed by atoms with Crippen molar-refractivity contribution in [1.29, 1.82) is 0 Å². The summed E-state index contributed by atoms with van der Waals surface area (Å²) >= 11 is 17.9. The Hall–Kier alpha value is -1.26. The number of anilines is 1. The molecule has 1 aliphatic rings. The third-order valence-electron chi connectivity index (χ3n) is 9.57. The molecule has 1 fully saturated rings. The van der Waals surface area contributed by atoms with Crippen molar-refractivity contribution in [2.75, 3.05) is 11.9 Å². The minimum atomic E-state index is -2.49. The van der Waals surface area contributed by atoms with Crippen molar-refractivity contribution in [3.05, 3.63) is 21.7 Å². The molecule has 284 valence electrons. The molecule has 2 heterocycles. The number of nitrogens with zero attached hydrogens (tertiary/aromatic N) is 2. The van der Waals surface area contributed by atoms with Crippen LogP contribution in [0.2, 0.25) is 55.9 Å². The molecule has 17 heteroatoms. The number of aromatic nitrogens is 2. The first kappa shape index (κ1) is 44.9. The molecular formula is C33H56Cl3N3O8Si3. The van der Waals surface area contributed by atoms with Crippen LogP contribution < -0.4 is 11.0 Å². The van der Waals surface area contributed by atoms with Crippen LogP contribution >= 0.6 is 34.8 Å². The second kappa shape index (κ2) is 15.6. The summed E-state index contributed by atoms with van der Waals surface area (Å²) in [6.45, 7) is 30.0. The smallest absolute Gasteiger partial charge is 0.413 e. The number of amides is 1. The van der Waals surface area contributed by atoms with E-state index in [1.54, 1.807) is 0 Å². The van der Waals surface area contributed by atoms with Gasteiger partial charge in [-0.25, -0.2) is 9.59 Å². The number of rotatable bonds is 10. The van der Waals surface area contributed by atoms with Crippen molar-refractivity contribution in [2.45, 2.75) is 152 Å². The summed E-state index contributed by atoms with van der Waals surface area (Å²) in [5, 5.41) is 14.0. The van der Waals surface area contributed by atoms with Crippen molar-refractivity contribution in [1.82, 2.24) is 9.55 Å². The van der Waals surface area contributed by atoms with E-state index in [4.69, 9.17) is 53.1 Å². The van der Waals surface area contributed by atoms with Crippen LogP contribution in [0.5, 0.6) is 0 Å². The Morgan fingerprint density at radius 2 is 1.54 bits per heavy atom. The molecule has 0 aromatic carbocycles. The summed E-state index contributed by atoms with van der Waals surface area (Å²) in [7, 11) is -6.66. The van der Waals surface area contributed by atoms with Gasteiger partial charge in [-0.2, -0.15) is 4.98 Å². The predicted molar refractivity (Wildman–Crippen MR) is 208 cm³/mol. The lowest BCUT2D eigenvalue weighted by molar-refractivity contribution is -0.0539. The highest BCUT2D eigenvalue weighted by molar-refractivity contribution is 6.83. The number of carbonyl (C=O) groups is 2. The van der Waals surface area contributed by atoms with Crippen molar-refractivity contribution in [2.24, 2.45) is 0 Å². The summed E-state index contributed by atoms with van der Waals surface area (Å²) in [5.74, 6) is 2.71. The van der Waals surface area contributed by atoms with Crippen LogP contribution in [-0.2, 0) is 24.7 Å². The lowest BCUT2D eigenvalue weighted by Crippen LogP contribution is -2.51. The monoisotopic (exact) mass is 811 g/mol. The van der Waals surface area contributed by atoms with Gasteiger partial charge in [-0.15, -0.1) is 11.5 Å². The molecule has 0 radical (unpaired) electrons. The number of nitrogens with one attached hydrogen (secondary N) is 1. The zero-order valence-electron chi connectivity index (χ0n) is 32.1. The first-order valence-corrected chi connectivity index (χ1v) is 27.0. The predicted octanol–water partition coefficient (Wildman–Crippen LogP) is 7.85. The fourth-order valence-corrected chi connectivity index (χ4v) is 7.37. The van der Waals surface area contributed by atoms with E-state index in [1.165, 1.54) is 13.8 Å². The molecule has 0 unspecified atom stereocenters. The molecule has 0 aliphatic carbocycles. The van der Waals surface area contributed by atoms with E-state index in [-0.39, 0.29) is 40.2 Å². The summed E-state index contributed by atoms with van der Waals surface area (Å²) < 4.78 is 24.3. The standard InChI is InChI=1S/C33H56Cl3N3O8Si3/c1-30(2,3)49(12,13)44-20-23-25(47-50(14,15)31(4,5)6)24(41)27(45-23)39-22(17-16-18-48(9,10)11)21(19-40)26(37-28(39)42)38-29(43)46-32(7,8)33(34,35)36/h19,23-25,27,41H,17,20H2,1-15H3,(H,37,38,42,43)/t23-,24-,25-,27-/m1/s1. The van der Waals surface area contributed by atoms with Crippen LogP contribution in [0.15, 0.2) is 4.79 Å². The molecule has 2 N–H and O–H groups in total. The fourth-order valence-electron chi connectivity index (χ4n) is 4.29. The van der Waals surface area contributed by atoms with Crippen LogP contribution in [0.25, 0.3) is 0 Å². The quantitative estimate of drug-likeness (QED) is 0.105. The Morgan fingerprint density at radius 3 is 2.00 bits per heavy atom. The van der Waals surface area contributed by atoms with Crippen molar-refractivity contribution < 1.29 is 33.0 Å². The van der Waals surface area contributed by atoms with Crippen LogP contribution in [0.1, 0.15) is 77.7 Å². The van der Waals surface area contributed by atoms with E-state index in [0.29, 0.717) is 6.29 Å². The van der Waals surface area contributed by atoms with Gasteiger partial charge in [-0.05, 0) is 50.1 Å². The van der Waals surface area contributed by atoms with Gasteiger partial charge in [0.25, 0.3) is 0 Å². The van der Waals surface area contributed by atoms with Gasteiger partial charge in [0.1, 0.15) is 26.4 Å². The number of hydrogen-bond acceptors (Lipinski definition) is 9. The highest BCUT2D eigenvalue weighted by atomic mass is 35.6. The molecular weight excluding hydrogens is 757 g/mol. The minimum Gasteiger partial charge on any atom is -0.439 e. The van der Waals surface area contributed by atoms with E-state index in [0.717, 1.165) is 4.57 Å². The van der Waals surface area contributed by atoms with Gasteiger partial charge in [0, 0.05) is 6.42 Å². The SMILES string of the molecule is CC(C)(OC(=O)Nc1nc(=O)n([C@@H]2O[C@H](CO[Si](C)(C)C(C)(C)C)[C@@H](O[Si](C)(C)C(C)(C)C)[C@H]2O)c(CC#C[Si](C)(C)C)c1C=O)C(Cl)(Cl)Cl. The number of carbonyl (C=O) groups excluding carboxylic acids is 2. The van der Waals surface area contributed by atoms with Gasteiger partial charge < -0.3 is 23.4 Å². The topological polar surface area (TPSA) is 138 Å². The minimum absolute atomic E-state index is 0.0859. The second-order valence-electron chi connectivity index (χ2n) is 17.3. The molecule has 0 bridgehead atoms. The maximum absolute atomic E-state index is 13.9. The summed E-state index contributed by atoms with van der Waals surface area (Å²) in [5.41, 5.74) is 0.671. The zero-order valence-corrected chi connectivity index (χ0v) is 37.4. The number of ether oxygens (including phenoxy) is 2. The Kier molecular flexibility index (Phi) is 14.0. The highest BCUT2D eigenvalue weighted by Gasteiger charge is 2.52. The van der Waals surface area contributed by atoms with Crippen LogP contribution in [0.4, 0.5) is 10.6 Å². The molecule has 1 aromatic heterocycles. The Morgan fingerprint density at radius 1 is 1.00 bits per heavy atom. The lowest BCUT2D eigenvalue weighted by atomic mass is 10.1. The van der Waals surface area contributed by atoms with Crippen LogP contribution in [0, 0.1) is 11.5 Å². The van der Waals surface area contributed by atoms with E-state index >= 15 is 0 Å². The van der Waals surface area contributed by atoms with Crippen LogP contribution in [-0.4, -0.2) is 86.1 Å². The molecule has 1 aliphatic heterocycles. The van der Waals surface area contributed by atoms with Gasteiger partial charge in [0.15, 0.2) is 40.6 Å². The average molecular weight is 813 g/mol. The third-order valence-corrected chi connectivity index (χ3v) is 20.8. The molecule has 4 atom stereocenters.